The summed E-state index contributed by atoms with van der Waals surface area (Å²) in [5, 5.41) is 7.10. The minimum absolute atomic E-state index is 0.0229. The van der Waals surface area contributed by atoms with Gasteiger partial charge >= 0.3 is 5.69 Å². The lowest BCUT2D eigenvalue weighted by atomic mass is 9.90. The molecule has 0 radical (unpaired) electrons. The number of benzene rings is 1. The number of fused-ring (bicyclic) bond motifs is 1. The van der Waals surface area contributed by atoms with Crippen molar-refractivity contribution in [2.24, 2.45) is 5.92 Å². The maximum Gasteiger partial charge on any atom is 0.350 e. The van der Waals surface area contributed by atoms with Gasteiger partial charge in [0.25, 0.3) is 5.91 Å². The Balaban J connectivity index is 1.51. The van der Waals surface area contributed by atoms with Gasteiger partial charge in [-0.25, -0.2) is 19.2 Å². The number of carbonyl (C=O) groups excluding carboxylic acids is 1. The molecule has 3 aromatic rings. The highest BCUT2D eigenvalue weighted by atomic mass is 19.1. The molecule has 3 heterocycles. The monoisotopic (exact) mass is 480 g/mol. The molecule has 2 aliphatic rings. The highest BCUT2D eigenvalue weighted by Gasteiger charge is 2.24. The Hall–Kier alpha value is -3.56. The van der Waals surface area contributed by atoms with Gasteiger partial charge < -0.3 is 10.1 Å². The zero-order valence-electron chi connectivity index (χ0n) is 19.8. The van der Waals surface area contributed by atoms with E-state index in [1.165, 1.54) is 18.8 Å². The number of nitrogens with zero attached hydrogens (tertiary/aromatic N) is 5. The van der Waals surface area contributed by atoms with Gasteiger partial charge in [-0.05, 0) is 44.6 Å². The van der Waals surface area contributed by atoms with Crippen LogP contribution < -0.4 is 15.7 Å². The lowest BCUT2D eigenvalue weighted by Gasteiger charge is -2.22. The molecule has 10 heteroatoms. The molecule has 1 amide bonds. The Morgan fingerprint density at radius 3 is 2.80 bits per heavy atom. The fourth-order valence-corrected chi connectivity index (χ4v) is 4.82. The topological polar surface area (TPSA) is 104 Å². The molecule has 1 N–H and O–H groups in total. The number of halogens is 1. The Morgan fingerprint density at radius 1 is 1.20 bits per heavy atom. The van der Waals surface area contributed by atoms with Crippen molar-refractivity contribution in [3.8, 4) is 11.4 Å². The molecular weight excluding hydrogens is 451 g/mol. The second-order valence-electron chi connectivity index (χ2n) is 9.34. The zero-order valence-corrected chi connectivity index (χ0v) is 19.8. The number of anilines is 1. The summed E-state index contributed by atoms with van der Waals surface area (Å²) in [6, 6.07) is 2.53. The van der Waals surface area contributed by atoms with E-state index in [2.05, 4.69) is 20.4 Å². The first-order chi connectivity index (χ1) is 17.0. The van der Waals surface area contributed by atoms with E-state index in [1.54, 1.807) is 17.7 Å². The molecule has 1 fully saturated rings. The highest BCUT2D eigenvalue weighted by Crippen LogP contribution is 2.29. The van der Waals surface area contributed by atoms with Gasteiger partial charge in [0.2, 0.25) is 0 Å². The molecule has 0 spiro atoms. The molecule has 2 aromatic heterocycles. The van der Waals surface area contributed by atoms with Gasteiger partial charge in [-0.2, -0.15) is 4.68 Å². The maximum atomic E-state index is 15.4. The predicted molar refractivity (Wildman–Crippen MR) is 128 cm³/mol. The molecule has 184 valence electrons. The van der Waals surface area contributed by atoms with E-state index in [-0.39, 0.29) is 22.7 Å². The van der Waals surface area contributed by atoms with Crippen molar-refractivity contribution in [3.05, 3.63) is 57.9 Å². The number of carbonyl (C=O) groups is 1. The number of ether oxygens (including phenoxy) is 1. The molecule has 0 bridgehead atoms. The molecular formula is C25H29FN6O3. The minimum Gasteiger partial charge on any atom is -0.492 e. The molecule has 1 aromatic carbocycles. The van der Waals surface area contributed by atoms with Crippen molar-refractivity contribution < 1.29 is 13.9 Å². The Labute approximate surface area is 202 Å². The summed E-state index contributed by atoms with van der Waals surface area (Å²) in [4.78, 5) is 34.1. The third-order valence-corrected chi connectivity index (χ3v) is 6.82. The van der Waals surface area contributed by atoms with Crippen LogP contribution in [0.3, 0.4) is 0 Å². The average Bonchev–Trinajstić information content (AvgIpc) is 3.21. The average molecular weight is 481 g/mol. The number of hydrogen-bond donors (Lipinski definition) is 1. The van der Waals surface area contributed by atoms with E-state index >= 15 is 4.39 Å². The second-order valence-corrected chi connectivity index (χ2v) is 9.34. The van der Waals surface area contributed by atoms with Crippen LogP contribution in [0.5, 0.6) is 5.75 Å². The van der Waals surface area contributed by atoms with Gasteiger partial charge in [0.15, 0.2) is 0 Å². The van der Waals surface area contributed by atoms with Crippen molar-refractivity contribution in [1.82, 2.24) is 24.3 Å². The van der Waals surface area contributed by atoms with Gasteiger partial charge in [0, 0.05) is 30.8 Å². The standard InChI is InChI=1S/C25H29FN6O3/c1-16-13-27-15-28-23(16)29-24(33)18-11-19(26)20(12-21(18)35-14-17-7-3-2-4-8-17)32-25(34)31-10-6-5-9-22(31)30-32/h11-13,15,17H,2-10,14H2,1H3,(H,27,28,29,33). The number of rotatable bonds is 6. The normalized spacial score (nSPS) is 16.1. The first kappa shape index (κ1) is 23.2. The predicted octanol–water partition coefficient (Wildman–Crippen LogP) is 3.82. The Kier molecular flexibility index (Phi) is 6.61. The number of amides is 1. The Bertz CT molecular complexity index is 1290. The minimum atomic E-state index is -0.725. The molecule has 0 atom stereocenters. The lowest BCUT2D eigenvalue weighted by molar-refractivity contribution is 0.102. The van der Waals surface area contributed by atoms with E-state index in [0.29, 0.717) is 42.7 Å². The molecule has 35 heavy (non-hydrogen) atoms. The Morgan fingerprint density at radius 2 is 2.03 bits per heavy atom. The van der Waals surface area contributed by atoms with Crippen molar-refractivity contribution in [2.45, 2.75) is 64.8 Å². The van der Waals surface area contributed by atoms with Crippen LogP contribution in [0, 0.1) is 18.7 Å². The van der Waals surface area contributed by atoms with Crippen LogP contribution in [-0.4, -0.2) is 36.8 Å². The molecule has 1 saturated carbocycles. The van der Waals surface area contributed by atoms with E-state index in [9.17, 15) is 9.59 Å². The van der Waals surface area contributed by atoms with E-state index < -0.39 is 11.7 Å². The smallest absolute Gasteiger partial charge is 0.350 e. The van der Waals surface area contributed by atoms with Crippen LogP contribution in [0.2, 0.25) is 0 Å². The summed E-state index contributed by atoms with van der Waals surface area (Å²) < 4.78 is 24.1. The lowest BCUT2D eigenvalue weighted by Crippen LogP contribution is -2.27. The zero-order chi connectivity index (χ0) is 24.4. The summed E-state index contributed by atoms with van der Waals surface area (Å²) in [5.74, 6) is 0.301. The highest BCUT2D eigenvalue weighted by molar-refractivity contribution is 6.06. The van der Waals surface area contributed by atoms with Gasteiger partial charge in [-0.15, -0.1) is 5.10 Å². The first-order valence-electron chi connectivity index (χ1n) is 12.2. The van der Waals surface area contributed by atoms with Crippen molar-refractivity contribution >= 4 is 11.7 Å². The molecule has 0 unspecified atom stereocenters. The van der Waals surface area contributed by atoms with E-state index in [0.717, 1.165) is 49.3 Å². The van der Waals surface area contributed by atoms with Gasteiger partial charge in [-0.1, -0.05) is 19.3 Å². The number of aromatic nitrogens is 5. The first-order valence-corrected chi connectivity index (χ1v) is 12.2. The van der Waals surface area contributed by atoms with E-state index in [1.807, 2.05) is 0 Å². The fraction of sp³-hybridized carbons (Fsp3) is 0.480. The summed E-state index contributed by atoms with van der Waals surface area (Å²) in [7, 11) is 0. The van der Waals surface area contributed by atoms with E-state index in [4.69, 9.17) is 4.74 Å². The molecule has 5 rings (SSSR count). The third kappa shape index (κ3) is 4.82. The molecule has 0 saturated heterocycles. The third-order valence-electron chi connectivity index (χ3n) is 6.82. The second kappa shape index (κ2) is 9.97. The van der Waals surface area contributed by atoms with Crippen LogP contribution in [-0.2, 0) is 13.0 Å². The summed E-state index contributed by atoms with van der Waals surface area (Å²) in [6.45, 7) is 2.76. The van der Waals surface area contributed by atoms with Gasteiger partial charge in [0.1, 0.15) is 35.2 Å². The van der Waals surface area contributed by atoms with Gasteiger partial charge in [0.05, 0.1) is 12.2 Å². The summed E-state index contributed by atoms with van der Waals surface area (Å²) in [5.41, 5.74) is 0.311. The molecule has 1 aliphatic carbocycles. The number of hydrogen-bond acceptors (Lipinski definition) is 6. The number of aryl methyl sites for hydroxylation is 2. The molecule has 1 aliphatic heterocycles. The van der Waals surface area contributed by atoms with Crippen LogP contribution in [0.15, 0.2) is 29.5 Å². The number of nitrogens with one attached hydrogen (secondary N) is 1. The quantitative estimate of drug-likeness (QED) is 0.575. The fourth-order valence-electron chi connectivity index (χ4n) is 4.82. The largest absolute Gasteiger partial charge is 0.492 e. The van der Waals surface area contributed by atoms with Crippen molar-refractivity contribution in [2.75, 3.05) is 11.9 Å². The summed E-state index contributed by atoms with van der Waals surface area (Å²) in [6.07, 6.45) is 11.1. The van der Waals surface area contributed by atoms with Crippen LogP contribution in [0.1, 0.15) is 66.7 Å². The maximum absolute atomic E-state index is 15.4. The van der Waals surface area contributed by atoms with Gasteiger partial charge in [-0.3, -0.25) is 9.36 Å². The van der Waals surface area contributed by atoms with Crippen LogP contribution in [0.25, 0.3) is 5.69 Å². The SMILES string of the molecule is Cc1cncnc1NC(=O)c1cc(F)c(-n2nc3n(c2=O)CCCC3)cc1OCC1CCCCC1. The van der Waals surface area contributed by atoms with Crippen molar-refractivity contribution in [3.63, 3.8) is 0 Å². The van der Waals surface area contributed by atoms with Crippen LogP contribution in [0.4, 0.5) is 10.2 Å². The summed E-state index contributed by atoms with van der Waals surface area (Å²) >= 11 is 0. The molecule has 9 nitrogen and oxygen atoms in total. The van der Waals surface area contributed by atoms with Crippen LogP contribution >= 0.6 is 0 Å². The van der Waals surface area contributed by atoms with Crippen molar-refractivity contribution in [1.29, 1.82) is 0 Å².